The Bertz CT molecular complexity index is 1090. The molecule has 1 aliphatic heterocycles. The number of nitrogens with one attached hydrogen (secondary N) is 1. The fourth-order valence-electron chi connectivity index (χ4n) is 5.99. The van der Waals surface area contributed by atoms with Crippen molar-refractivity contribution in [1.29, 1.82) is 0 Å². The largest absolute Gasteiger partial charge is 0.497 e. The van der Waals surface area contributed by atoms with Gasteiger partial charge in [-0.3, -0.25) is 0 Å². The molecule has 0 bridgehead atoms. The molecule has 1 fully saturated rings. The Balaban J connectivity index is 1.78. The predicted octanol–water partition coefficient (Wildman–Crippen LogP) is 3.98. The van der Waals surface area contributed by atoms with Crippen molar-refractivity contribution in [3.05, 3.63) is 64.8 Å². The van der Waals surface area contributed by atoms with Gasteiger partial charge in [-0.05, 0) is 68.8 Å². The van der Waals surface area contributed by atoms with Crippen molar-refractivity contribution in [3.8, 4) is 5.75 Å². The zero-order chi connectivity index (χ0) is 20.4. The summed E-state index contributed by atoms with van der Waals surface area (Å²) in [5, 5.41) is 13.7. The third-order valence-electron chi connectivity index (χ3n) is 7.86. The maximum absolute atomic E-state index is 12.5. The number of para-hydroxylation sites is 1. The van der Waals surface area contributed by atoms with E-state index >= 15 is 0 Å². The summed E-state index contributed by atoms with van der Waals surface area (Å²) in [6, 6.07) is 14.8. The van der Waals surface area contributed by atoms with Crippen LogP contribution in [0, 0.1) is 6.92 Å². The van der Waals surface area contributed by atoms with Gasteiger partial charge < -0.3 is 19.7 Å². The Kier molecular flexibility index (Phi) is 4.10. The summed E-state index contributed by atoms with van der Waals surface area (Å²) < 4.78 is 5.58. The van der Waals surface area contributed by atoms with Crippen molar-refractivity contribution in [2.75, 3.05) is 20.7 Å². The van der Waals surface area contributed by atoms with Gasteiger partial charge in [0, 0.05) is 40.9 Å². The van der Waals surface area contributed by atoms with Crippen molar-refractivity contribution in [2.24, 2.45) is 0 Å². The Morgan fingerprint density at radius 1 is 1.17 bits per heavy atom. The van der Waals surface area contributed by atoms with E-state index in [4.69, 9.17) is 4.74 Å². The summed E-state index contributed by atoms with van der Waals surface area (Å²) in [6.45, 7) is 5.31. The lowest BCUT2D eigenvalue weighted by Gasteiger charge is -2.59. The number of ether oxygens (including phenoxy) is 1. The lowest BCUT2D eigenvalue weighted by molar-refractivity contribution is -0.132. The summed E-state index contributed by atoms with van der Waals surface area (Å²) in [4.78, 5) is 5.99. The number of aliphatic hydroxyl groups is 1. The first-order valence-electron chi connectivity index (χ1n) is 10.6. The van der Waals surface area contributed by atoms with Crippen molar-refractivity contribution in [1.82, 2.24) is 9.88 Å². The van der Waals surface area contributed by atoms with Crippen LogP contribution in [0.25, 0.3) is 10.9 Å². The number of H-pyrrole nitrogens is 1. The van der Waals surface area contributed by atoms with Crippen LogP contribution in [0.15, 0.2) is 42.5 Å². The van der Waals surface area contributed by atoms with Crippen LogP contribution < -0.4 is 4.74 Å². The number of methoxy groups -OCH3 is 1. The van der Waals surface area contributed by atoms with Crippen molar-refractivity contribution in [2.45, 2.75) is 50.2 Å². The number of aryl methyl sites for hydroxylation is 1. The van der Waals surface area contributed by atoms with Gasteiger partial charge in [-0.1, -0.05) is 24.3 Å². The van der Waals surface area contributed by atoms with E-state index in [1.807, 2.05) is 6.07 Å². The van der Waals surface area contributed by atoms with Crippen LogP contribution >= 0.6 is 0 Å². The molecule has 2 unspecified atom stereocenters. The molecule has 0 amide bonds. The highest BCUT2D eigenvalue weighted by atomic mass is 16.5. The molecule has 2 aromatic carbocycles. The average Bonchev–Trinajstić information content (AvgIpc) is 3.07. The van der Waals surface area contributed by atoms with Gasteiger partial charge in [0.1, 0.15) is 5.75 Å². The first-order chi connectivity index (χ1) is 13.9. The summed E-state index contributed by atoms with van der Waals surface area (Å²) in [7, 11) is 3.85. The van der Waals surface area contributed by atoms with Gasteiger partial charge in [0.2, 0.25) is 0 Å². The van der Waals surface area contributed by atoms with Gasteiger partial charge in [0.05, 0.1) is 12.7 Å². The van der Waals surface area contributed by atoms with Crippen LogP contribution in [0.1, 0.15) is 35.7 Å². The zero-order valence-corrected chi connectivity index (χ0v) is 17.7. The summed E-state index contributed by atoms with van der Waals surface area (Å²) in [5.74, 6) is 0.858. The molecule has 0 spiro atoms. The number of likely N-dealkylation sites (tertiary alicyclic amines) is 1. The molecule has 4 heteroatoms. The summed E-state index contributed by atoms with van der Waals surface area (Å²) in [6.07, 6.45) is 2.40. The lowest BCUT2D eigenvalue weighted by atomic mass is 9.53. The van der Waals surface area contributed by atoms with Gasteiger partial charge in [-0.2, -0.15) is 0 Å². The van der Waals surface area contributed by atoms with E-state index in [0.29, 0.717) is 6.42 Å². The SMILES string of the molecule is COc1ccc(C)c(C23CCN(C)C(C)[C@]2(O)Cc2c([nH]c4ccccc24)C3)c1. The molecular formula is C25H30N2O2. The molecule has 0 radical (unpaired) electrons. The van der Waals surface area contributed by atoms with E-state index in [1.54, 1.807) is 7.11 Å². The van der Waals surface area contributed by atoms with Gasteiger partial charge in [0.15, 0.2) is 0 Å². The molecule has 2 N–H and O–H groups in total. The summed E-state index contributed by atoms with van der Waals surface area (Å²) >= 11 is 0. The predicted molar refractivity (Wildman–Crippen MR) is 117 cm³/mol. The van der Waals surface area contributed by atoms with Crippen molar-refractivity contribution < 1.29 is 9.84 Å². The minimum absolute atomic E-state index is 0.0589. The quantitative estimate of drug-likeness (QED) is 0.696. The second-order valence-corrected chi connectivity index (χ2v) is 9.08. The van der Waals surface area contributed by atoms with Gasteiger partial charge in [0.25, 0.3) is 0 Å². The highest BCUT2D eigenvalue weighted by molar-refractivity contribution is 5.85. The molecule has 1 aromatic heterocycles. The molecule has 3 atom stereocenters. The molecular weight excluding hydrogens is 360 g/mol. The fourth-order valence-corrected chi connectivity index (χ4v) is 5.99. The molecule has 4 nitrogen and oxygen atoms in total. The number of likely N-dealkylation sites (N-methyl/N-ethyl adjacent to an activating group) is 1. The van der Waals surface area contributed by atoms with Crippen molar-refractivity contribution in [3.63, 3.8) is 0 Å². The molecule has 1 saturated heterocycles. The zero-order valence-electron chi connectivity index (χ0n) is 17.7. The van der Waals surface area contributed by atoms with Gasteiger partial charge in [-0.25, -0.2) is 0 Å². The number of piperidine rings is 1. The number of fused-ring (bicyclic) bond motifs is 4. The molecule has 2 aliphatic rings. The maximum atomic E-state index is 12.5. The van der Waals surface area contributed by atoms with Gasteiger partial charge in [-0.15, -0.1) is 0 Å². The highest BCUT2D eigenvalue weighted by Crippen LogP contribution is 2.54. The standard InChI is InChI=1S/C25H30N2O2/c1-16-9-10-18(29-4)13-21(16)24-11-12-27(3)17(2)25(24,28)14-20-19-7-5-6-8-22(19)26-23(20)15-24/h5-10,13,17,26,28H,11-12,14-15H2,1-4H3/t17?,24?,25-/m1/s1. The van der Waals surface area contributed by atoms with Crippen LogP contribution in [-0.4, -0.2) is 47.3 Å². The fraction of sp³-hybridized carbons (Fsp3) is 0.440. The highest BCUT2D eigenvalue weighted by Gasteiger charge is 2.60. The van der Waals surface area contributed by atoms with Gasteiger partial charge >= 0.3 is 0 Å². The summed E-state index contributed by atoms with van der Waals surface area (Å²) in [5.41, 5.74) is 4.97. The molecule has 1 aliphatic carbocycles. The molecule has 152 valence electrons. The van der Waals surface area contributed by atoms with E-state index in [2.05, 4.69) is 67.2 Å². The van der Waals surface area contributed by atoms with Crippen molar-refractivity contribution >= 4 is 10.9 Å². The van der Waals surface area contributed by atoms with Crippen LogP contribution in [-0.2, 0) is 18.3 Å². The smallest absolute Gasteiger partial charge is 0.119 e. The Morgan fingerprint density at radius 2 is 1.97 bits per heavy atom. The molecule has 2 heterocycles. The maximum Gasteiger partial charge on any atom is 0.119 e. The van der Waals surface area contributed by atoms with Crippen LogP contribution in [0.4, 0.5) is 0 Å². The second-order valence-electron chi connectivity index (χ2n) is 9.08. The first kappa shape index (κ1) is 18.7. The molecule has 0 saturated carbocycles. The second kappa shape index (κ2) is 6.35. The minimum atomic E-state index is -0.852. The van der Waals surface area contributed by atoms with E-state index < -0.39 is 5.60 Å². The van der Waals surface area contributed by atoms with Crippen LogP contribution in [0.5, 0.6) is 5.75 Å². The number of aromatic amines is 1. The molecule has 3 aromatic rings. The topological polar surface area (TPSA) is 48.5 Å². The number of hydrogen-bond acceptors (Lipinski definition) is 3. The molecule has 5 rings (SSSR count). The molecule has 29 heavy (non-hydrogen) atoms. The van der Waals surface area contributed by atoms with Crippen LogP contribution in [0.3, 0.4) is 0 Å². The average molecular weight is 391 g/mol. The Morgan fingerprint density at radius 3 is 2.76 bits per heavy atom. The number of benzene rings is 2. The normalized spacial score (nSPS) is 29.5. The number of rotatable bonds is 2. The monoisotopic (exact) mass is 390 g/mol. The third-order valence-corrected chi connectivity index (χ3v) is 7.86. The van der Waals surface area contributed by atoms with Crippen LogP contribution in [0.2, 0.25) is 0 Å². The van der Waals surface area contributed by atoms with E-state index in [9.17, 15) is 5.11 Å². The lowest BCUT2D eigenvalue weighted by Crippen LogP contribution is -2.70. The minimum Gasteiger partial charge on any atom is -0.497 e. The third kappa shape index (κ3) is 2.45. The number of nitrogens with zero attached hydrogens (tertiary/aromatic N) is 1. The number of aromatic nitrogens is 1. The van der Waals surface area contributed by atoms with E-state index in [-0.39, 0.29) is 11.5 Å². The number of hydrogen-bond donors (Lipinski definition) is 2. The van der Waals surface area contributed by atoms with E-state index in [0.717, 1.165) is 25.1 Å². The Hall–Kier alpha value is -2.30. The first-order valence-corrected chi connectivity index (χ1v) is 10.6. The van der Waals surface area contributed by atoms with E-state index in [1.165, 1.54) is 33.3 Å². The Labute approximate surface area is 172 Å².